The van der Waals surface area contributed by atoms with Crippen LogP contribution < -0.4 is 15.0 Å². The first kappa shape index (κ1) is 22.0. The first-order valence-corrected chi connectivity index (χ1v) is 10.5. The van der Waals surface area contributed by atoms with Crippen molar-refractivity contribution < 1.29 is 19.2 Å². The molecule has 0 radical (unpaired) electrons. The molecule has 1 atom stereocenters. The molecule has 0 unspecified atom stereocenters. The summed E-state index contributed by atoms with van der Waals surface area (Å²) in [6.45, 7) is 3.77. The summed E-state index contributed by atoms with van der Waals surface area (Å²) in [7, 11) is 0. The molecule has 8 nitrogen and oxygen atoms in total. The van der Waals surface area contributed by atoms with Crippen LogP contribution in [0.4, 0.5) is 17.1 Å². The first-order chi connectivity index (χ1) is 15.8. The van der Waals surface area contributed by atoms with E-state index < -0.39 is 10.8 Å². The fourth-order valence-electron chi connectivity index (χ4n) is 3.74. The maximum atomic E-state index is 12.8. The predicted octanol–water partition coefficient (Wildman–Crippen LogP) is 5.00. The number of hydrogen-bond donors (Lipinski definition) is 1. The van der Waals surface area contributed by atoms with Gasteiger partial charge in [0.15, 0.2) is 0 Å². The number of carbonyl (C=O) groups excluding carboxylic acids is 2. The van der Waals surface area contributed by atoms with Gasteiger partial charge in [0.1, 0.15) is 11.5 Å². The standard InChI is InChI=1S/C25H23N3O5/c1-16-7-10-20(14-22(16)28(31)32)27-15-18(13-24(27)29)25(30)26-19-8-11-21(12-9-19)33-23-6-4-3-5-17(23)2/h3-12,14,18H,13,15H2,1-2H3,(H,26,30)/t18-/m0/s1. The van der Waals surface area contributed by atoms with Gasteiger partial charge in [-0.2, -0.15) is 0 Å². The van der Waals surface area contributed by atoms with Crippen molar-refractivity contribution in [2.75, 3.05) is 16.8 Å². The zero-order chi connectivity index (χ0) is 23.5. The van der Waals surface area contributed by atoms with E-state index in [1.807, 2.05) is 31.2 Å². The number of para-hydroxylation sites is 1. The summed E-state index contributed by atoms with van der Waals surface area (Å²) < 4.78 is 5.87. The lowest BCUT2D eigenvalue weighted by atomic mass is 10.1. The Labute approximate surface area is 190 Å². The van der Waals surface area contributed by atoms with Gasteiger partial charge in [0.25, 0.3) is 5.69 Å². The SMILES string of the molecule is Cc1ccccc1Oc1ccc(NC(=O)[C@H]2CC(=O)N(c3ccc(C)c([N+](=O)[O-])c3)C2)cc1. The largest absolute Gasteiger partial charge is 0.457 e. The van der Waals surface area contributed by atoms with E-state index in [2.05, 4.69) is 5.32 Å². The maximum Gasteiger partial charge on any atom is 0.274 e. The van der Waals surface area contributed by atoms with Crippen molar-refractivity contribution in [3.05, 3.63) is 88.0 Å². The smallest absolute Gasteiger partial charge is 0.274 e. The molecule has 0 saturated carbocycles. The lowest BCUT2D eigenvalue weighted by molar-refractivity contribution is -0.385. The Bertz CT molecular complexity index is 1220. The minimum atomic E-state index is -0.555. The molecule has 4 rings (SSSR count). The van der Waals surface area contributed by atoms with Crippen LogP contribution in [0.5, 0.6) is 11.5 Å². The first-order valence-electron chi connectivity index (χ1n) is 10.5. The molecule has 0 aromatic heterocycles. The third kappa shape index (κ3) is 4.85. The molecule has 0 aliphatic carbocycles. The Morgan fingerprint density at radius 2 is 1.79 bits per heavy atom. The molecule has 1 aliphatic rings. The lowest BCUT2D eigenvalue weighted by Crippen LogP contribution is -2.28. The van der Waals surface area contributed by atoms with Crippen LogP contribution in [0.25, 0.3) is 0 Å². The van der Waals surface area contributed by atoms with Gasteiger partial charge in [-0.25, -0.2) is 0 Å². The number of nitrogens with one attached hydrogen (secondary N) is 1. The Morgan fingerprint density at radius 1 is 1.06 bits per heavy atom. The van der Waals surface area contributed by atoms with Crippen LogP contribution >= 0.6 is 0 Å². The summed E-state index contributed by atoms with van der Waals surface area (Å²) in [4.78, 5) is 37.4. The zero-order valence-corrected chi connectivity index (χ0v) is 18.3. The number of nitro groups is 1. The average molecular weight is 445 g/mol. The number of nitro benzene ring substituents is 1. The molecule has 0 spiro atoms. The summed E-state index contributed by atoms with van der Waals surface area (Å²) in [5.41, 5.74) is 2.49. The topological polar surface area (TPSA) is 102 Å². The van der Waals surface area contributed by atoms with Crippen molar-refractivity contribution in [2.45, 2.75) is 20.3 Å². The molecule has 1 saturated heterocycles. The number of aryl methyl sites for hydroxylation is 2. The number of rotatable bonds is 6. The molecule has 33 heavy (non-hydrogen) atoms. The molecule has 1 N–H and O–H groups in total. The van der Waals surface area contributed by atoms with Crippen LogP contribution in [0.1, 0.15) is 17.5 Å². The number of nitrogens with zero attached hydrogens (tertiary/aromatic N) is 2. The van der Waals surface area contributed by atoms with E-state index >= 15 is 0 Å². The second-order valence-corrected chi connectivity index (χ2v) is 8.01. The monoisotopic (exact) mass is 445 g/mol. The number of amides is 2. The van der Waals surface area contributed by atoms with Gasteiger partial charge < -0.3 is 15.0 Å². The Morgan fingerprint density at radius 3 is 2.48 bits per heavy atom. The summed E-state index contributed by atoms with van der Waals surface area (Å²) >= 11 is 0. The second-order valence-electron chi connectivity index (χ2n) is 8.01. The van der Waals surface area contributed by atoms with Crippen LogP contribution in [0.15, 0.2) is 66.7 Å². The highest BCUT2D eigenvalue weighted by molar-refractivity contribution is 6.03. The highest BCUT2D eigenvalue weighted by atomic mass is 16.6. The van der Waals surface area contributed by atoms with Crippen molar-refractivity contribution in [3.8, 4) is 11.5 Å². The molecule has 2 amide bonds. The average Bonchev–Trinajstić information content (AvgIpc) is 3.18. The van der Waals surface area contributed by atoms with Crippen LogP contribution in [0.3, 0.4) is 0 Å². The van der Waals surface area contributed by atoms with Gasteiger partial charge in [-0.15, -0.1) is 0 Å². The van der Waals surface area contributed by atoms with E-state index in [0.29, 0.717) is 22.7 Å². The minimum absolute atomic E-state index is 0.0436. The fourth-order valence-corrected chi connectivity index (χ4v) is 3.74. The maximum absolute atomic E-state index is 12.8. The third-order valence-electron chi connectivity index (χ3n) is 5.64. The number of carbonyl (C=O) groups is 2. The zero-order valence-electron chi connectivity index (χ0n) is 18.3. The summed E-state index contributed by atoms with van der Waals surface area (Å²) in [5.74, 6) is 0.330. The normalized spacial score (nSPS) is 15.4. The molecular weight excluding hydrogens is 422 g/mol. The highest BCUT2D eigenvalue weighted by Crippen LogP contribution is 2.31. The van der Waals surface area contributed by atoms with Crippen LogP contribution in [-0.4, -0.2) is 23.3 Å². The predicted molar refractivity (Wildman–Crippen MR) is 125 cm³/mol. The lowest BCUT2D eigenvalue weighted by Gasteiger charge is -2.17. The van der Waals surface area contributed by atoms with E-state index in [1.54, 1.807) is 43.3 Å². The second kappa shape index (κ2) is 9.12. The summed E-state index contributed by atoms with van der Waals surface area (Å²) in [5, 5.41) is 14.1. The van der Waals surface area contributed by atoms with Gasteiger partial charge in [0.05, 0.1) is 16.5 Å². The number of hydrogen-bond acceptors (Lipinski definition) is 5. The molecule has 3 aromatic carbocycles. The van der Waals surface area contributed by atoms with E-state index in [-0.39, 0.29) is 30.5 Å². The molecular formula is C25H23N3O5. The highest BCUT2D eigenvalue weighted by Gasteiger charge is 2.35. The van der Waals surface area contributed by atoms with E-state index in [9.17, 15) is 19.7 Å². The van der Waals surface area contributed by atoms with Gasteiger partial charge in [-0.1, -0.05) is 24.3 Å². The molecule has 8 heteroatoms. The third-order valence-corrected chi connectivity index (χ3v) is 5.64. The summed E-state index contributed by atoms with van der Waals surface area (Å²) in [6.07, 6.45) is 0.0436. The van der Waals surface area contributed by atoms with Crippen molar-refractivity contribution in [1.82, 2.24) is 0 Å². The van der Waals surface area contributed by atoms with Gasteiger partial charge in [0.2, 0.25) is 11.8 Å². The molecule has 3 aromatic rings. The van der Waals surface area contributed by atoms with Gasteiger partial charge in [-0.05, 0) is 55.8 Å². The minimum Gasteiger partial charge on any atom is -0.457 e. The van der Waals surface area contributed by atoms with Crippen molar-refractivity contribution in [3.63, 3.8) is 0 Å². The van der Waals surface area contributed by atoms with E-state index in [0.717, 1.165) is 11.3 Å². The van der Waals surface area contributed by atoms with Crippen LogP contribution in [-0.2, 0) is 9.59 Å². The number of benzene rings is 3. The molecule has 0 bridgehead atoms. The van der Waals surface area contributed by atoms with Gasteiger partial charge in [-0.3, -0.25) is 19.7 Å². The quantitative estimate of drug-likeness (QED) is 0.425. The molecule has 1 aliphatic heterocycles. The summed E-state index contributed by atoms with van der Waals surface area (Å²) in [6, 6.07) is 19.3. The molecule has 168 valence electrons. The van der Waals surface area contributed by atoms with Gasteiger partial charge in [0, 0.05) is 30.3 Å². The van der Waals surface area contributed by atoms with E-state index in [1.165, 1.54) is 11.0 Å². The van der Waals surface area contributed by atoms with Crippen molar-refractivity contribution >= 4 is 28.9 Å². The van der Waals surface area contributed by atoms with Gasteiger partial charge >= 0.3 is 0 Å². The van der Waals surface area contributed by atoms with Crippen molar-refractivity contribution in [1.29, 1.82) is 0 Å². The number of ether oxygens (including phenoxy) is 1. The fraction of sp³-hybridized carbons (Fsp3) is 0.200. The molecule has 1 heterocycles. The number of anilines is 2. The van der Waals surface area contributed by atoms with E-state index in [4.69, 9.17) is 4.74 Å². The van der Waals surface area contributed by atoms with Crippen LogP contribution in [0.2, 0.25) is 0 Å². The Balaban J connectivity index is 1.40. The Kier molecular flexibility index (Phi) is 6.08. The van der Waals surface area contributed by atoms with Crippen LogP contribution in [0, 0.1) is 29.9 Å². The molecule has 1 fully saturated rings. The van der Waals surface area contributed by atoms with Crippen molar-refractivity contribution in [2.24, 2.45) is 5.92 Å². The Hall–Kier alpha value is -4.20.